The average Bonchev–Trinajstić information content (AvgIpc) is 2.51. The second-order valence-corrected chi connectivity index (χ2v) is 5.12. The van der Waals surface area contributed by atoms with Crippen LogP contribution in [-0.2, 0) is 0 Å². The highest BCUT2D eigenvalue weighted by molar-refractivity contribution is 9.10. The third kappa shape index (κ3) is 2.57. The summed E-state index contributed by atoms with van der Waals surface area (Å²) >= 11 is 3.54. The normalized spacial score (nSPS) is 10.5. The molecule has 0 aliphatic heterocycles. The molecule has 3 rings (SSSR count). The number of nitrogen functional groups attached to an aromatic ring is 1. The number of halogens is 1. The van der Waals surface area contributed by atoms with Gasteiger partial charge in [0.15, 0.2) is 5.69 Å². The van der Waals surface area contributed by atoms with E-state index in [1.165, 1.54) is 12.4 Å². The van der Waals surface area contributed by atoms with Crippen molar-refractivity contribution >= 4 is 32.5 Å². The molecule has 1 heterocycles. The smallest absolute Gasteiger partial charge is 0.249 e. The van der Waals surface area contributed by atoms with Gasteiger partial charge in [0, 0.05) is 12.4 Å². The Hall–Kier alpha value is -2.47. The summed E-state index contributed by atoms with van der Waals surface area (Å²) in [5.41, 5.74) is 5.71. The number of nitrogens with one attached hydrogen (secondary N) is 1. The van der Waals surface area contributed by atoms with Gasteiger partial charge in [0.2, 0.25) is 5.88 Å². The van der Waals surface area contributed by atoms with E-state index in [4.69, 9.17) is 15.9 Å². The van der Waals surface area contributed by atoms with Crippen molar-refractivity contribution in [1.29, 1.82) is 5.41 Å². The van der Waals surface area contributed by atoms with Gasteiger partial charge in [-0.05, 0) is 32.8 Å². The van der Waals surface area contributed by atoms with Crippen molar-refractivity contribution in [1.82, 2.24) is 9.97 Å². The average molecular weight is 343 g/mol. The van der Waals surface area contributed by atoms with E-state index in [0.29, 0.717) is 5.75 Å². The van der Waals surface area contributed by atoms with Crippen molar-refractivity contribution in [3.05, 3.63) is 59.0 Å². The van der Waals surface area contributed by atoms with Gasteiger partial charge >= 0.3 is 0 Å². The number of hydrogen-bond donors (Lipinski definition) is 2. The van der Waals surface area contributed by atoms with E-state index >= 15 is 0 Å². The minimum Gasteiger partial charge on any atom is -0.436 e. The van der Waals surface area contributed by atoms with Crippen molar-refractivity contribution < 1.29 is 4.74 Å². The van der Waals surface area contributed by atoms with Gasteiger partial charge in [0.25, 0.3) is 0 Å². The van der Waals surface area contributed by atoms with Gasteiger partial charge in [-0.3, -0.25) is 5.41 Å². The molecule has 0 fully saturated rings. The fourth-order valence-corrected chi connectivity index (χ4v) is 2.56. The van der Waals surface area contributed by atoms with E-state index in [-0.39, 0.29) is 17.4 Å². The SMILES string of the molecule is N=C(N)c1nccnc1Oc1ccc2ccccc2c1Br. The summed E-state index contributed by atoms with van der Waals surface area (Å²) in [7, 11) is 0. The van der Waals surface area contributed by atoms with E-state index in [0.717, 1.165) is 15.2 Å². The van der Waals surface area contributed by atoms with Crippen LogP contribution in [0.3, 0.4) is 0 Å². The maximum atomic E-state index is 7.51. The van der Waals surface area contributed by atoms with Gasteiger partial charge < -0.3 is 10.5 Å². The number of rotatable bonds is 3. The lowest BCUT2D eigenvalue weighted by molar-refractivity contribution is 0.456. The van der Waals surface area contributed by atoms with Crippen LogP contribution in [0.4, 0.5) is 0 Å². The third-order valence-corrected chi connectivity index (χ3v) is 3.77. The Labute approximate surface area is 129 Å². The maximum Gasteiger partial charge on any atom is 0.249 e. The zero-order valence-corrected chi connectivity index (χ0v) is 12.5. The molecule has 0 unspecified atom stereocenters. The second kappa shape index (κ2) is 5.49. The topological polar surface area (TPSA) is 84.9 Å². The van der Waals surface area contributed by atoms with Crippen LogP contribution >= 0.6 is 15.9 Å². The Bertz CT molecular complexity index is 835. The Morgan fingerprint density at radius 1 is 1.10 bits per heavy atom. The number of nitrogens with two attached hydrogens (primary N) is 1. The maximum absolute atomic E-state index is 7.51. The molecule has 0 radical (unpaired) electrons. The first-order valence-corrected chi connectivity index (χ1v) is 6.96. The molecule has 0 aliphatic rings. The Morgan fingerprint density at radius 2 is 1.86 bits per heavy atom. The van der Waals surface area contributed by atoms with Crippen LogP contribution in [0.15, 0.2) is 53.3 Å². The first kappa shape index (κ1) is 13.5. The van der Waals surface area contributed by atoms with E-state index in [1.54, 1.807) is 0 Å². The zero-order chi connectivity index (χ0) is 14.8. The van der Waals surface area contributed by atoms with Crippen LogP contribution in [-0.4, -0.2) is 15.8 Å². The van der Waals surface area contributed by atoms with E-state index in [1.807, 2.05) is 36.4 Å². The molecule has 0 atom stereocenters. The highest BCUT2D eigenvalue weighted by Gasteiger charge is 2.13. The summed E-state index contributed by atoms with van der Waals surface area (Å²) < 4.78 is 6.59. The monoisotopic (exact) mass is 342 g/mol. The van der Waals surface area contributed by atoms with Crippen LogP contribution in [0.1, 0.15) is 5.69 Å². The minimum atomic E-state index is -0.185. The van der Waals surface area contributed by atoms with Gasteiger partial charge in [-0.2, -0.15) is 0 Å². The predicted molar refractivity (Wildman–Crippen MR) is 84.8 cm³/mol. The molecule has 0 aliphatic carbocycles. The van der Waals surface area contributed by atoms with Gasteiger partial charge in [-0.25, -0.2) is 9.97 Å². The largest absolute Gasteiger partial charge is 0.436 e. The summed E-state index contributed by atoms with van der Waals surface area (Å²) in [6.07, 6.45) is 2.97. The number of amidine groups is 1. The second-order valence-electron chi connectivity index (χ2n) is 4.32. The lowest BCUT2D eigenvalue weighted by Gasteiger charge is -2.11. The summed E-state index contributed by atoms with van der Waals surface area (Å²) in [5.74, 6) is 0.618. The van der Waals surface area contributed by atoms with E-state index in [9.17, 15) is 0 Å². The molecular formula is C15H11BrN4O. The fraction of sp³-hybridized carbons (Fsp3) is 0. The first-order chi connectivity index (χ1) is 10.2. The number of nitrogens with zero attached hydrogens (tertiary/aromatic N) is 2. The number of benzene rings is 2. The molecule has 3 N–H and O–H groups in total. The summed E-state index contributed by atoms with van der Waals surface area (Å²) in [6, 6.07) is 11.7. The van der Waals surface area contributed by atoms with Crippen molar-refractivity contribution in [3.63, 3.8) is 0 Å². The van der Waals surface area contributed by atoms with Crippen molar-refractivity contribution in [2.45, 2.75) is 0 Å². The highest BCUT2D eigenvalue weighted by atomic mass is 79.9. The molecule has 2 aromatic carbocycles. The van der Waals surface area contributed by atoms with Gasteiger partial charge in [-0.1, -0.05) is 30.3 Å². The number of fused-ring (bicyclic) bond motifs is 1. The molecule has 21 heavy (non-hydrogen) atoms. The summed E-state index contributed by atoms with van der Waals surface area (Å²) in [6.45, 7) is 0. The predicted octanol–water partition coefficient (Wildman–Crippen LogP) is 3.47. The number of ether oxygens (including phenoxy) is 1. The molecule has 0 bridgehead atoms. The molecule has 3 aromatic rings. The molecule has 0 spiro atoms. The zero-order valence-electron chi connectivity index (χ0n) is 10.9. The minimum absolute atomic E-state index is 0.185. The van der Waals surface area contributed by atoms with Gasteiger partial charge in [0.05, 0.1) is 4.47 Å². The van der Waals surface area contributed by atoms with E-state index < -0.39 is 0 Å². The first-order valence-electron chi connectivity index (χ1n) is 6.17. The number of aromatic nitrogens is 2. The Kier molecular flexibility index (Phi) is 3.53. The molecule has 0 amide bonds. The lowest BCUT2D eigenvalue weighted by Crippen LogP contribution is -2.15. The van der Waals surface area contributed by atoms with Crippen LogP contribution < -0.4 is 10.5 Å². The Morgan fingerprint density at radius 3 is 2.67 bits per heavy atom. The van der Waals surface area contributed by atoms with Gasteiger partial charge in [0.1, 0.15) is 11.6 Å². The molecule has 6 heteroatoms. The van der Waals surface area contributed by atoms with Crippen molar-refractivity contribution in [2.75, 3.05) is 0 Å². The lowest BCUT2D eigenvalue weighted by atomic mass is 10.1. The summed E-state index contributed by atoms with van der Waals surface area (Å²) in [5, 5.41) is 9.64. The molecule has 5 nitrogen and oxygen atoms in total. The molecule has 0 saturated heterocycles. The Balaban J connectivity index is 2.07. The van der Waals surface area contributed by atoms with Crippen molar-refractivity contribution in [3.8, 4) is 11.6 Å². The molecule has 0 saturated carbocycles. The highest BCUT2D eigenvalue weighted by Crippen LogP contribution is 2.35. The van der Waals surface area contributed by atoms with Crippen LogP contribution in [0.25, 0.3) is 10.8 Å². The number of hydrogen-bond acceptors (Lipinski definition) is 4. The quantitative estimate of drug-likeness (QED) is 0.563. The molecular weight excluding hydrogens is 332 g/mol. The standard InChI is InChI=1S/C15H11BrN4O/c16-12-10-4-2-1-3-9(10)5-6-11(12)21-15-13(14(17)18)19-7-8-20-15/h1-8H,(H3,17,18). The fourth-order valence-electron chi connectivity index (χ4n) is 1.98. The van der Waals surface area contributed by atoms with Crippen LogP contribution in [0.2, 0.25) is 0 Å². The van der Waals surface area contributed by atoms with Crippen molar-refractivity contribution in [2.24, 2.45) is 5.73 Å². The van der Waals surface area contributed by atoms with Crippen LogP contribution in [0, 0.1) is 5.41 Å². The summed E-state index contributed by atoms with van der Waals surface area (Å²) in [4.78, 5) is 8.10. The molecule has 104 valence electrons. The third-order valence-electron chi connectivity index (χ3n) is 2.95. The molecule has 1 aromatic heterocycles. The van der Waals surface area contributed by atoms with Crippen LogP contribution in [0.5, 0.6) is 11.6 Å². The van der Waals surface area contributed by atoms with Gasteiger partial charge in [-0.15, -0.1) is 0 Å². The van der Waals surface area contributed by atoms with E-state index in [2.05, 4.69) is 25.9 Å².